The fourth-order valence-electron chi connectivity index (χ4n) is 0.985. The molecule has 7 heteroatoms. The Hall–Kier alpha value is -1.70. The molecule has 6 nitrogen and oxygen atoms in total. The molecule has 0 saturated heterocycles. The zero-order chi connectivity index (χ0) is 13.8. The van der Waals surface area contributed by atoms with Crippen LogP contribution in [0.3, 0.4) is 0 Å². The van der Waals surface area contributed by atoms with Crippen molar-refractivity contribution in [2.75, 3.05) is 0 Å². The summed E-state index contributed by atoms with van der Waals surface area (Å²) in [5.41, 5.74) is 2.96. The van der Waals surface area contributed by atoms with E-state index in [1.54, 1.807) is 12.1 Å². The number of nitrogens with one attached hydrogen (secondary N) is 2. The van der Waals surface area contributed by atoms with Crippen LogP contribution in [0.15, 0.2) is 41.3 Å². The number of sulfonamides is 1. The largest absolute Gasteiger partial charge is 0.353 e. The minimum Gasteiger partial charge on any atom is -0.351 e. The number of benzene rings is 1. The Morgan fingerprint density at radius 2 is 1.83 bits per heavy atom. The first-order valence-corrected chi connectivity index (χ1v) is 6.51. The maximum absolute atomic E-state index is 11.7. The summed E-state index contributed by atoms with van der Waals surface area (Å²) in [4.78, 5) is 17.4. The summed E-state index contributed by atoms with van der Waals surface area (Å²) in [6.45, 7) is 6.63. The molecule has 1 rings (SSSR count). The zero-order valence-corrected chi connectivity index (χ0v) is 10.9. The number of carbonyl (C=O) groups excluding carboxylic acids is 1. The third-order valence-electron chi connectivity index (χ3n) is 2.00. The van der Waals surface area contributed by atoms with Gasteiger partial charge in [-0.25, -0.2) is 13.2 Å². The molecule has 0 aliphatic carbocycles. The lowest BCUT2D eigenvalue weighted by atomic mass is 10.2. The summed E-state index contributed by atoms with van der Waals surface area (Å²) in [5, 5.41) is 0. The van der Waals surface area contributed by atoms with Crippen molar-refractivity contribution >= 4 is 16.0 Å². The van der Waals surface area contributed by atoms with Gasteiger partial charge in [0.1, 0.15) is 0 Å². The van der Waals surface area contributed by atoms with Crippen LogP contribution in [0.1, 0.15) is 12.5 Å². The Labute approximate surface area is 106 Å². The zero-order valence-electron chi connectivity index (χ0n) is 10.1. The summed E-state index contributed by atoms with van der Waals surface area (Å²) < 4.78 is 23.4. The molecule has 18 heavy (non-hydrogen) atoms. The number of aryl methyl sites for hydroxylation is 1. The highest BCUT2D eigenvalue weighted by atomic mass is 32.2. The molecular formula is C11H14N2O4S. The van der Waals surface area contributed by atoms with Gasteiger partial charge in [-0.05, 0) is 26.0 Å². The Bertz CT molecular complexity index is 549. The fraction of sp³-hybridized carbons (Fsp3) is 0.182. The molecule has 0 heterocycles. The number of rotatable bonds is 5. The van der Waals surface area contributed by atoms with E-state index in [0.29, 0.717) is 0 Å². The Kier molecular flexibility index (Phi) is 4.60. The first-order valence-electron chi connectivity index (χ1n) is 5.03. The van der Waals surface area contributed by atoms with E-state index in [4.69, 9.17) is 0 Å². The van der Waals surface area contributed by atoms with E-state index in [1.165, 1.54) is 19.1 Å². The van der Waals surface area contributed by atoms with Gasteiger partial charge in [0.25, 0.3) is 10.0 Å². The molecule has 1 aromatic carbocycles. The van der Waals surface area contributed by atoms with Crippen molar-refractivity contribution in [3.63, 3.8) is 0 Å². The van der Waals surface area contributed by atoms with Crippen molar-refractivity contribution in [3.8, 4) is 0 Å². The Morgan fingerprint density at radius 1 is 1.28 bits per heavy atom. The molecule has 0 saturated carbocycles. The first kappa shape index (κ1) is 14.4. The quantitative estimate of drug-likeness (QED) is 0.611. The second kappa shape index (κ2) is 5.76. The number of hydrazine groups is 1. The van der Waals surface area contributed by atoms with Gasteiger partial charge >= 0.3 is 5.97 Å². The van der Waals surface area contributed by atoms with Crippen molar-refractivity contribution in [3.05, 3.63) is 42.0 Å². The molecule has 0 amide bonds. The summed E-state index contributed by atoms with van der Waals surface area (Å²) >= 11 is 0. The molecule has 0 spiro atoms. The molecule has 1 aromatic rings. The highest BCUT2D eigenvalue weighted by molar-refractivity contribution is 7.89. The molecule has 0 aromatic heterocycles. The van der Waals surface area contributed by atoms with Gasteiger partial charge in [0, 0.05) is 5.57 Å². The Morgan fingerprint density at radius 3 is 2.33 bits per heavy atom. The molecule has 0 atom stereocenters. The van der Waals surface area contributed by atoms with Gasteiger partial charge in [-0.15, -0.1) is 4.83 Å². The van der Waals surface area contributed by atoms with Gasteiger partial charge in [0.05, 0.1) is 4.90 Å². The van der Waals surface area contributed by atoms with E-state index in [0.717, 1.165) is 5.56 Å². The second-order valence-electron chi connectivity index (χ2n) is 3.69. The van der Waals surface area contributed by atoms with Gasteiger partial charge < -0.3 is 4.84 Å². The molecule has 2 N–H and O–H groups in total. The van der Waals surface area contributed by atoms with Crippen molar-refractivity contribution in [1.29, 1.82) is 0 Å². The van der Waals surface area contributed by atoms with Crippen molar-refractivity contribution < 1.29 is 18.0 Å². The van der Waals surface area contributed by atoms with Crippen LogP contribution in [0.25, 0.3) is 0 Å². The van der Waals surface area contributed by atoms with Crippen molar-refractivity contribution in [1.82, 2.24) is 10.4 Å². The number of hydrogen-bond acceptors (Lipinski definition) is 5. The topological polar surface area (TPSA) is 84.5 Å². The standard InChI is InChI=1S/C11H14N2O4S/c1-8(2)11(14)17-12-13-18(15,16)10-6-4-9(3)5-7-10/h4-7,12-13H,1H2,2-3H3. The number of hydrogen-bond donors (Lipinski definition) is 2. The van der Waals surface area contributed by atoms with Gasteiger partial charge in [0.2, 0.25) is 0 Å². The summed E-state index contributed by atoms with van der Waals surface area (Å²) in [6.07, 6.45) is 0. The van der Waals surface area contributed by atoms with Gasteiger partial charge in [-0.2, -0.15) is 0 Å². The lowest BCUT2D eigenvalue weighted by Crippen LogP contribution is -2.38. The van der Waals surface area contributed by atoms with E-state index in [9.17, 15) is 13.2 Å². The van der Waals surface area contributed by atoms with Crippen molar-refractivity contribution in [2.24, 2.45) is 0 Å². The second-order valence-corrected chi connectivity index (χ2v) is 5.37. The predicted molar refractivity (Wildman–Crippen MR) is 65.5 cm³/mol. The van der Waals surface area contributed by atoms with E-state index in [1.807, 2.05) is 17.3 Å². The van der Waals surface area contributed by atoms with Crippen LogP contribution in [-0.2, 0) is 19.7 Å². The molecule has 0 aliphatic heterocycles. The van der Waals surface area contributed by atoms with Crippen LogP contribution in [0, 0.1) is 6.92 Å². The lowest BCUT2D eigenvalue weighted by molar-refractivity contribution is -0.147. The highest BCUT2D eigenvalue weighted by Gasteiger charge is 2.14. The minimum absolute atomic E-state index is 0.0620. The van der Waals surface area contributed by atoms with E-state index in [-0.39, 0.29) is 10.5 Å². The van der Waals surface area contributed by atoms with E-state index >= 15 is 0 Å². The van der Waals surface area contributed by atoms with Crippen LogP contribution < -0.4 is 10.4 Å². The van der Waals surface area contributed by atoms with E-state index < -0.39 is 16.0 Å². The Balaban J connectivity index is 2.63. The average molecular weight is 270 g/mol. The average Bonchev–Trinajstić information content (AvgIpc) is 2.29. The number of carbonyl (C=O) groups is 1. The molecule has 0 unspecified atom stereocenters. The summed E-state index contributed by atoms with van der Waals surface area (Å²) in [5.74, 6) is -0.749. The maximum Gasteiger partial charge on any atom is 0.353 e. The van der Waals surface area contributed by atoms with Gasteiger partial charge in [-0.1, -0.05) is 29.9 Å². The normalized spacial score (nSPS) is 11.0. The smallest absolute Gasteiger partial charge is 0.351 e. The first-order chi connectivity index (χ1) is 8.33. The maximum atomic E-state index is 11.7. The minimum atomic E-state index is -3.77. The van der Waals surface area contributed by atoms with Gasteiger partial charge in [-0.3, -0.25) is 0 Å². The van der Waals surface area contributed by atoms with Crippen LogP contribution >= 0.6 is 0 Å². The highest BCUT2D eigenvalue weighted by Crippen LogP contribution is 2.08. The third kappa shape index (κ3) is 3.95. The fourth-order valence-corrected chi connectivity index (χ4v) is 1.75. The molecule has 0 aliphatic rings. The summed E-state index contributed by atoms with van der Waals surface area (Å²) in [7, 11) is -3.77. The van der Waals surface area contributed by atoms with Crippen LogP contribution in [0.4, 0.5) is 0 Å². The van der Waals surface area contributed by atoms with E-state index in [2.05, 4.69) is 11.4 Å². The molecule has 98 valence electrons. The lowest BCUT2D eigenvalue weighted by Gasteiger charge is -2.08. The molecular weight excluding hydrogens is 256 g/mol. The monoisotopic (exact) mass is 270 g/mol. The predicted octanol–water partition coefficient (Wildman–Crippen LogP) is 0.812. The van der Waals surface area contributed by atoms with Gasteiger partial charge in [0.15, 0.2) is 0 Å². The SMILES string of the molecule is C=C(C)C(=O)ONNS(=O)(=O)c1ccc(C)cc1. The van der Waals surface area contributed by atoms with Crippen LogP contribution in [0.5, 0.6) is 0 Å². The molecule has 0 radical (unpaired) electrons. The van der Waals surface area contributed by atoms with Crippen molar-refractivity contribution in [2.45, 2.75) is 18.7 Å². The molecule has 0 fully saturated rings. The summed E-state index contributed by atoms with van der Waals surface area (Å²) in [6, 6.07) is 6.21. The van der Waals surface area contributed by atoms with Crippen LogP contribution in [0.2, 0.25) is 0 Å². The third-order valence-corrected chi connectivity index (χ3v) is 3.24. The van der Waals surface area contributed by atoms with Crippen LogP contribution in [-0.4, -0.2) is 14.4 Å². The molecule has 0 bridgehead atoms.